The second kappa shape index (κ2) is 114. The van der Waals surface area contributed by atoms with Crippen molar-refractivity contribution in [2.45, 2.75) is 343 Å². The Labute approximate surface area is 752 Å². The molecule has 0 heterocycles. The summed E-state index contributed by atoms with van der Waals surface area (Å²) in [5.74, 6) is 0. The molecule has 0 fully saturated rings. The topological polar surface area (TPSA) is 47.6 Å². The maximum absolute atomic E-state index is 8.67. The summed E-state index contributed by atoms with van der Waals surface area (Å²) in [6.45, 7) is 97.0. The Morgan fingerprint density at radius 2 is 0.367 bits per heavy atom. The fourth-order valence-electron chi connectivity index (χ4n) is 9.62. The van der Waals surface area contributed by atoms with Crippen molar-refractivity contribution in [3.63, 3.8) is 0 Å². The van der Waals surface area contributed by atoms with Crippen molar-refractivity contribution in [2.24, 2.45) is 0 Å². The summed E-state index contributed by atoms with van der Waals surface area (Å²) in [4.78, 5) is 0. The third kappa shape index (κ3) is 63.4. The largest absolute Gasteiger partial charge is 0.192 e. The molecular formula is C118H192N2. The highest BCUT2D eigenvalue weighted by Gasteiger charge is 2.34. The highest BCUT2D eigenvalue weighted by atomic mass is 14.4. The van der Waals surface area contributed by atoms with Gasteiger partial charge >= 0.3 is 0 Å². The van der Waals surface area contributed by atoms with E-state index in [1.54, 1.807) is 12.1 Å². The molecule has 0 N–H and O–H groups in total. The molecule has 12 rings (SSSR count). The number of rotatable bonds is 5. The summed E-state index contributed by atoms with van der Waals surface area (Å²) in [6.07, 6.45) is 0. The van der Waals surface area contributed by atoms with E-state index >= 15 is 0 Å². The quantitative estimate of drug-likeness (QED) is 0.172. The Morgan fingerprint density at radius 3 is 0.550 bits per heavy atom. The van der Waals surface area contributed by atoms with Crippen LogP contribution in [0.1, 0.15) is 360 Å². The van der Waals surface area contributed by atoms with E-state index in [1.165, 1.54) is 77.9 Å². The van der Waals surface area contributed by atoms with Crippen LogP contribution in [-0.2, 0) is 10.8 Å². The summed E-state index contributed by atoms with van der Waals surface area (Å²) >= 11 is 0. The molecule has 0 unspecified atom stereocenters. The lowest BCUT2D eigenvalue weighted by Gasteiger charge is -2.25. The third-order valence-corrected chi connectivity index (χ3v) is 14.5. The van der Waals surface area contributed by atoms with E-state index in [-0.39, 0.29) is 10.8 Å². The number of aryl methyl sites for hydroxylation is 4. The molecule has 1 aliphatic carbocycles. The first-order valence-electron chi connectivity index (χ1n) is 47.4. The minimum absolute atomic E-state index is 0.0858. The average Bonchev–Trinajstić information content (AvgIpc) is 1.59. The minimum atomic E-state index is 0.0858. The van der Waals surface area contributed by atoms with Gasteiger partial charge in [-0.3, -0.25) is 0 Å². The van der Waals surface area contributed by atoms with Crippen molar-refractivity contribution < 1.29 is 0 Å². The zero-order chi connectivity index (χ0) is 96.7. The maximum Gasteiger partial charge on any atom is 0.0994 e. The second-order valence-corrected chi connectivity index (χ2v) is 21.0. The second-order valence-electron chi connectivity index (χ2n) is 21.0. The molecule has 0 saturated carbocycles. The highest BCUT2D eigenvalue weighted by molar-refractivity contribution is 5.80. The van der Waals surface area contributed by atoms with Crippen LogP contribution in [0.2, 0.25) is 0 Å². The number of fused-ring (bicyclic) bond motifs is 3. The molecule has 0 bridgehead atoms. The summed E-state index contributed by atoms with van der Waals surface area (Å²) in [6, 6.07) is 105. The van der Waals surface area contributed by atoms with E-state index in [2.05, 4.69) is 308 Å². The number of hydrogen-bond donors (Lipinski definition) is 0. The van der Waals surface area contributed by atoms with Gasteiger partial charge in [0, 0.05) is 10.8 Å². The van der Waals surface area contributed by atoms with Gasteiger partial charge in [0.1, 0.15) is 0 Å². The van der Waals surface area contributed by atoms with Crippen LogP contribution in [0.4, 0.5) is 0 Å². The van der Waals surface area contributed by atoms with Crippen molar-refractivity contribution in [1.29, 1.82) is 10.5 Å². The zero-order valence-corrected chi connectivity index (χ0v) is 87.6. The van der Waals surface area contributed by atoms with Gasteiger partial charge in [0.15, 0.2) is 0 Å². The molecule has 2 nitrogen and oxygen atoms in total. The monoisotopic (exact) mass is 1640 g/mol. The Balaban J connectivity index is -0.0000000868. The lowest BCUT2D eigenvalue weighted by Crippen LogP contribution is -2.18. The van der Waals surface area contributed by atoms with Gasteiger partial charge in [0.25, 0.3) is 0 Å². The standard InChI is InChI=1S/C18H14.C15H14.C15H16.C12H10.C10H8N2.C8H10.20C2H6/c1-3-7-15(8-4-1)17-11-13-18(14-12-17)16-9-5-2-6-10-16;1-15(2)13-9-5-3-7-11(13)12-8-4-6-10-14(12)15;1-15(2,13-9-5-3-6-10-13)14-11-7-4-8-12-14;1-3-7-11(8-4-1)12-9-5-2-6-10-12;1-7-3-10(6-12)8(2)4-9(7)5-11;1-7-3-5-8(2)6-4-7;20*1-2/h1-14H;3-10H,1-2H3;3-12H,1-2H3;1-10H;3-4H,1-2H3;3-6H,1-2H3;20*1-2H3. The van der Waals surface area contributed by atoms with E-state index in [4.69, 9.17) is 10.5 Å². The zero-order valence-electron chi connectivity index (χ0n) is 87.6. The van der Waals surface area contributed by atoms with Crippen LogP contribution >= 0.6 is 0 Å². The summed E-state index contributed by atoms with van der Waals surface area (Å²) in [5, 5.41) is 17.3. The van der Waals surface area contributed by atoms with Crippen LogP contribution in [0.5, 0.6) is 0 Å². The van der Waals surface area contributed by atoms with E-state index in [0.29, 0.717) is 11.1 Å². The number of nitriles is 2. The molecule has 0 saturated heterocycles. The first-order chi connectivity index (χ1) is 58.8. The van der Waals surface area contributed by atoms with Crippen LogP contribution < -0.4 is 0 Å². The number of nitrogens with zero attached hydrogens (tertiary/aromatic N) is 2. The molecule has 1 aliphatic rings. The Kier molecular flexibility index (Phi) is 135. The van der Waals surface area contributed by atoms with Gasteiger partial charge in [-0.2, -0.15) is 10.5 Å². The van der Waals surface area contributed by atoms with Gasteiger partial charge in [0.2, 0.25) is 0 Å². The fraction of sp³-hybridized carbons (Fsp3) is 0.424. The average molecular weight is 1640 g/mol. The fourth-order valence-corrected chi connectivity index (χ4v) is 9.62. The van der Waals surface area contributed by atoms with E-state index < -0.39 is 0 Å². The molecule has 11 aromatic carbocycles. The van der Waals surface area contributed by atoms with Crippen molar-refractivity contribution in [2.75, 3.05) is 0 Å². The normalized spacial score (nSPS) is 8.38. The van der Waals surface area contributed by atoms with E-state index in [0.717, 1.165) is 11.1 Å². The van der Waals surface area contributed by atoms with Crippen molar-refractivity contribution >= 4 is 0 Å². The van der Waals surface area contributed by atoms with Gasteiger partial charge in [-0.05, 0) is 118 Å². The lowest BCUT2D eigenvalue weighted by atomic mass is 9.78. The first kappa shape index (κ1) is 142. The summed E-state index contributed by atoms with van der Waals surface area (Å²) in [7, 11) is 0. The summed E-state index contributed by atoms with van der Waals surface area (Å²) < 4.78 is 0. The van der Waals surface area contributed by atoms with Gasteiger partial charge in [-0.1, -0.05) is 595 Å². The first-order valence-corrected chi connectivity index (χ1v) is 47.4. The van der Waals surface area contributed by atoms with E-state index in [9.17, 15) is 0 Å². The predicted molar refractivity (Wildman–Crippen MR) is 566 cm³/mol. The molecule has 0 aromatic heterocycles. The highest BCUT2D eigenvalue weighted by Crippen LogP contribution is 2.48. The van der Waals surface area contributed by atoms with Crippen LogP contribution in [0.25, 0.3) is 44.5 Å². The van der Waals surface area contributed by atoms with Crippen LogP contribution in [-0.4, -0.2) is 0 Å². The smallest absolute Gasteiger partial charge is 0.0994 e. The molecule has 11 aromatic rings. The molecule has 0 spiro atoms. The molecule has 120 heavy (non-hydrogen) atoms. The van der Waals surface area contributed by atoms with Crippen molar-refractivity contribution in [1.82, 2.24) is 0 Å². The van der Waals surface area contributed by atoms with E-state index in [1.807, 2.05) is 315 Å². The summed E-state index contributed by atoms with van der Waals surface area (Å²) in [5.41, 5.74) is 21.9. The Bertz CT molecular complexity index is 3460. The van der Waals surface area contributed by atoms with Crippen LogP contribution in [0, 0.1) is 50.4 Å². The SMILES string of the molecule is CC.CC.CC.CC.CC.CC.CC.CC.CC.CC.CC.CC.CC.CC.CC.CC.CC.CC.CC.CC.CC(C)(c1ccccc1)c1ccccc1.CC1(C)c2ccccc2-c2ccccc21.Cc1cc(C#N)c(C)cc1C#N.Cc1ccc(C)cc1.c1ccc(-c2ccc(-c3ccccc3)cc2)cc1.c1ccc(-c2ccccc2)cc1. The molecule has 0 aliphatic heterocycles. The number of benzene rings is 11. The van der Waals surface area contributed by atoms with Crippen LogP contribution in [0.15, 0.2) is 291 Å². The minimum Gasteiger partial charge on any atom is -0.192 e. The Hall–Kier alpha value is -9.60. The molecular weight excluding hydrogens is 1450 g/mol. The van der Waals surface area contributed by atoms with Crippen molar-refractivity contribution in [3.05, 3.63) is 347 Å². The van der Waals surface area contributed by atoms with Crippen LogP contribution in [0.3, 0.4) is 0 Å². The lowest BCUT2D eigenvalue weighted by molar-refractivity contribution is 0.641. The number of hydrogen-bond acceptors (Lipinski definition) is 2. The molecule has 674 valence electrons. The van der Waals surface area contributed by atoms with Gasteiger partial charge in [-0.15, -0.1) is 0 Å². The molecule has 0 amide bonds. The Morgan fingerprint density at radius 1 is 0.208 bits per heavy atom. The third-order valence-electron chi connectivity index (χ3n) is 14.5. The predicted octanol–water partition coefficient (Wildman–Crippen LogP) is 41.3. The van der Waals surface area contributed by atoms with Gasteiger partial charge in [-0.25, -0.2) is 0 Å². The molecule has 2 heteroatoms. The van der Waals surface area contributed by atoms with Gasteiger partial charge < -0.3 is 0 Å². The maximum atomic E-state index is 8.67. The molecule has 0 radical (unpaired) electrons. The van der Waals surface area contributed by atoms with Gasteiger partial charge in [0.05, 0.1) is 23.3 Å². The molecule has 0 atom stereocenters. The van der Waals surface area contributed by atoms with Crippen molar-refractivity contribution in [3.8, 4) is 56.6 Å².